The van der Waals surface area contributed by atoms with E-state index < -0.39 is 5.97 Å². The predicted octanol–water partition coefficient (Wildman–Crippen LogP) is 4.34. The summed E-state index contributed by atoms with van der Waals surface area (Å²) < 4.78 is 13.4. The van der Waals surface area contributed by atoms with Gasteiger partial charge in [0.15, 0.2) is 0 Å². The average molecular weight is 462 g/mol. The van der Waals surface area contributed by atoms with Crippen LogP contribution in [0.15, 0.2) is 67.1 Å². The van der Waals surface area contributed by atoms with E-state index in [-0.39, 0.29) is 11.9 Å². The quantitative estimate of drug-likeness (QED) is 0.470. The van der Waals surface area contributed by atoms with E-state index in [4.69, 9.17) is 14.9 Å². The summed E-state index contributed by atoms with van der Waals surface area (Å²) in [5, 5.41) is 8.58. The molecule has 5 rings (SSSR count). The van der Waals surface area contributed by atoms with Gasteiger partial charge in [-0.1, -0.05) is 18.2 Å². The minimum absolute atomic E-state index is 0.200. The molecule has 2 N–H and O–H groups in total. The van der Waals surface area contributed by atoms with Crippen molar-refractivity contribution in [2.24, 2.45) is 0 Å². The number of rotatable bonds is 4. The van der Waals surface area contributed by atoms with Crippen molar-refractivity contribution in [2.75, 3.05) is 26.7 Å². The number of aromatic nitrogens is 3. The van der Waals surface area contributed by atoms with Crippen LogP contribution in [0, 0.1) is 5.82 Å². The summed E-state index contributed by atoms with van der Waals surface area (Å²) in [6.07, 6.45) is 5.61. The van der Waals surface area contributed by atoms with Crippen molar-refractivity contribution in [3.05, 3.63) is 84.2 Å². The van der Waals surface area contributed by atoms with Gasteiger partial charge in [-0.3, -0.25) is 14.7 Å². The molecular weight excluding hydrogens is 433 g/mol. The molecule has 0 amide bonds. The number of likely N-dealkylation sites (N-methyl/N-ethyl adjacent to an activating group) is 1. The van der Waals surface area contributed by atoms with Crippen LogP contribution in [-0.2, 0) is 11.3 Å². The van der Waals surface area contributed by atoms with Crippen molar-refractivity contribution in [3.63, 3.8) is 0 Å². The van der Waals surface area contributed by atoms with Crippen LogP contribution in [0.1, 0.15) is 24.2 Å². The maximum absolute atomic E-state index is 13.4. The lowest BCUT2D eigenvalue weighted by atomic mass is 10.0. The van der Waals surface area contributed by atoms with Crippen molar-refractivity contribution in [2.45, 2.75) is 19.5 Å². The third kappa shape index (κ3) is 5.84. The van der Waals surface area contributed by atoms with Gasteiger partial charge in [0.2, 0.25) is 0 Å². The lowest BCUT2D eigenvalue weighted by Gasteiger charge is -2.40. The number of aromatic amines is 1. The van der Waals surface area contributed by atoms with E-state index >= 15 is 0 Å². The first-order valence-corrected chi connectivity index (χ1v) is 11.1. The molecule has 1 saturated heterocycles. The number of aliphatic carboxylic acids is 1. The normalized spacial score (nSPS) is 16.7. The summed E-state index contributed by atoms with van der Waals surface area (Å²) in [4.78, 5) is 26.3. The Morgan fingerprint density at radius 1 is 1.15 bits per heavy atom. The number of H-pyrrole nitrogens is 1. The smallest absolute Gasteiger partial charge is 0.300 e. The maximum atomic E-state index is 13.4. The molecule has 3 heterocycles. The second-order valence-electron chi connectivity index (χ2n) is 8.49. The van der Waals surface area contributed by atoms with Crippen LogP contribution in [0.5, 0.6) is 0 Å². The fourth-order valence-electron chi connectivity index (χ4n) is 4.19. The molecule has 4 aromatic rings. The highest BCUT2D eigenvalue weighted by Gasteiger charge is 2.27. The summed E-state index contributed by atoms with van der Waals surface area (Å²) in [7, 11) is 2.13. The fraction of sp³-hybridized carbons (Fsp3) is 0.269. The van der Waals surface area contributed by atoms with Gasteiger partial charge in [-0.05, 0) is 42.9 Å². The zero-order valence-electron chi connectivity index (χ0n) is 19.3. The van der Waals surface area contributed by atoms with Gasteiger partial charge in [0.1, 0.15) is 5.82 Å². The number of hydrogen-bond donors (Lipinski definition) is 2. The lowest BCUT2D eigenvalue weighted by Crippen LogP contribution is -2.46. The third-order valence-electron chi connectivity index (χ3n) is 5.85. The molecule has 1 aliphatic rings. The number of carboxylic acids is 1. The molecule has 8 heteroatoms. The summed E-state index contributed by atoms with van der Waals surface area (Å²) >= 11 is 0. The first-order chi connectivity index (χ1) is 16.4. The SMILES string of the molecule is CC(=O)O.CN1CCN(Cc2cncc(-c3ccc4[nH]ccc4c3)n2)[C@@H](c2ccc(F)cc2)C1. The minimum Gasteiger partial charge on any atom is -0.481 e. The molecule has 0 spiro atoms. The van der Waals surface area contributed by atoms with Crippen molar-refractivity contribution < 1.29 is 14.3 Å². The highest BCUT2D eigenvalue weighted by Crippen LogP contribution is 2.27. The second-order valence-corrected chi connectivity index (χ2v) is 8.49. The van der Waals surface area contributed by atoms with E-state index in [2.05, 4.69) is 51.1 Å². The number of nitrogens with zero attached hydrogens (tertiary/aromatic N) is 4. The van der Waals surface area contributed by atoms with Crippen molar-refractivity contribution in [1.29, 1.82) is 0 Å². The lowest BCUT2D eigenvalue weighted by molar-refractivity contribution is -0.134. The van der Waals surface area contributed by atoms with E-state index in [0.29, 0.717) is 6.54 Å². The summed E-state index contributed by atoms with van der Waals surface area (Å²) in [5.74, 6) is -1.03. The molecule has 2 aromatic heterocycles. The third-order valence-corrected chi connectivity index (χ3v) is 5.85. The van der Waals surface area contributed by atoms with Crippen LogP contribution in [-0.4, -0.2) is 62.5 Å². The summed E-state index contributed by atoms with van der Waals surface area (Å²) in [6.45, 7) is 4.63. The van der Waals surface area contributed by atoms with Crippen molar-refractivity contribution >= 4 is 16.9 Å². The maximum Gasteiger partial charge on any atom is 0.300 e. The highest BCUT2D eigenvalue weighted by atomic mass is 19.1. The highest BCUT2D eigenvalue weighted by molar-refractivity contribution is 5.84. The van der Waals surface area contributed by atoms with Crippen molar-refractivity contribution in [3.8, 4) is 11.3 Å². The summed E-state index contributed by atoms with van der Waals surface area (Å²) in [5.41, 5.74) is 5.12. The molecule has 176 valence electrons. The van der Waals surface area contributed by atoms with Gasteiger partial charge in [-0.25, -0.2) is 9.37 Å². The first kappa shape index (κ1) is 23.5. The van der Waals surface area contributed by atoms with Crippen LogP contribution in [0.2, 0.25) is 0 Å². The number of fused-ring (bicyclic) bond motifs is 1. The Balaban J connectivity index is 0.000000636. The molecule has 2 aromatic carbocycles. The van der Waals surface area contributed by atoms with Gasteiger partial charge in [0, 0.05) is 68.0 Å². The van der Waals surface area contributed by atoms with Crippen LogP contribution >= 0.6 is 0 Å². The topological polar surface area (TPSA) is 85.4 Å². The standard InChI is InChI=1S/C24H24FN5.C2H4O2/c1-29-10-11-30(24(16-29)17-2-5-20(25)6-3-17)15-21-13-26-14-23(28-21)18-4-7-22-19(12-18)8-9-27-22;1-2(3)4/h2-9,12-14,24,27H,10-11,15-16H2,1H3;1H3,(H,3,4)/t24-;/m1./s1. The summed E-state index contributed by atoms with van der Waals surface area (Å²) in [6, 6.07) is 15.4. The molecule has 0 radical (unpaired) electrons. The number of hydrogen-bond acceptors (Lipinski definition) is 5. The van der Waals surface area contributed by atoms with Crippen LogP contribution in [0.25, 0.3) is 22.2 Å². The molecular formula is C26H28FN5O2. The van der Waals surface area contributed by atoms with E-state index in [1.165, 1.54) is 0 Å². The number of halogens is 1. The average Bonchev–Trinajstić information content (AvgIpc) is 3.29. The Morgan fingerprint density at radius 2 is 1.91 bits per heavy atom. The van der Waals surface area contributed by atoms with E-state index in [9.17, 15) is 4.39 Å². The Bertz CT molecular complexity index is 1250. The Kier molecular flexibility index (Phi) is 7.30. The Morgan fingerprint density at radius 3 is 2.68 bits per heavy atom. The molecule has 0 aliphatic carbocycles. The van der Waals surface area contributed by atoms with Gasteiger partial charge in [-0.2, -0.15) is 0 Å². The van der Waals surface area contributed by atoms with Crippen LogP contribution in [0.3, 0.4) is 0 Å². The molecule has 0 bridgehead atoms. The molecule has 7 nitrogen and oxygen atoms in total. The molecule has 0 saturated carbocycles. The monoisotopic (exact) mass is 461 g/mol. The first-order valence-electron chi connectivity index (χ1n) is 11.1. The van der Waals surface area contributed by atoms with Gasteiger partial charge < -0.3 is 15.0 Å². The van der Waals surface area contributed by atoms with E-state index in [0.717, 1.165) is 60.0 Å². The number of carboxylic acid groups (broad SMARTS) is 1. The van der Waals surface area contributed by atoms with Crippen LogP contribution < -0.4 is 0 Å². The second kappa shape index (κ2) is 10.5. The molecule has 1 atom stereocenters. The van der Waals surface area contributed by atoms with E-state index in [1.807, 2.05) is 30.7 Å². The van der Waals surface area contributed by atoms with Gasteiger partial charge >= 0.3 is 0 Å². The molecule has 34 heavy (non-hydrogen) atoms. The minimum atomic E-state index is -0.833. The zero-order chi connectivity index (χ0) is 24.1. The molecule has 1 fully saturated rings. The molecule has 1 aliphatic heterocycles. The number of piperazine rings is 1. The molecule has 0 unspecified atom stereocenters. The van der Waals surface area contributed by atoms with Crippen molar-refractivity contribution in [1.82, 2.24) is 24.8 Å². The predicted molar refractivity (Wildman–Crippen MR) is 130 cm³/mol. The zero-order valence-corrected chi connectivity index (χ0v) is 19.3. The number of nitrogens with one attached hydrogen (secondary N) is 1. The number of carbonyl (C=O) groups is 1. The number of benzene rings is 2. The Hall–Kier alpha value is -3.62. The van der Waals surface area contributed by atoms with Gasteiger partial charge in [0.25, 0.3) is 5.97 Å². The largest absolute Gasteiger partial charge is 0.481 e. The van der Waals surface area contributed by atoms with Crippen LogP contribution in [0.4, 0.5) is 4.39 Å². The van der Waals surface area contributed by atoms with Gasteiger partial charge in [-0.15, -0.1) is 0 Å². The van der Waals surface area contributed by atoms with Gasteiger partial charge in [0.05, 0.1) is 17.6 Å². The Labute approximate surface area is 197 Å². The van der Waals surface area contributed by atoms with E-state index in [1.54, 1.807) is 12.1 Å². The fourth-order valence-corrected chi connectivity index (χ4v) is 4.19.